The minimum atomic E-state index is 0.832. The van der Waals surface area contributed by atoms with Crippen molar-refractivity contribution in [1.82, 2.24) is 4.90 Å². The highest BCUT2D eigenvalue weighted by Gasteiger charge is 1.74. The maximum absolute atomic E-state index is 3.97. The summed E-state index contributed by atoms with van der Waals surface area (Å²) < 4.78 is 0. The van der Waals surface area contributed by atoms with Crippen molar-refractivity contribution in [1.29, 1.82) is 0 Å². The first kappa shape index (κ1) is 7.21. The van der Waals surface area contributed by atoms with Gasteiger partial charge in [-0.25, -0.2) is 0 Å². The molecule has 0 unspecified atom stereocenters. The third-order valence-electron chi connectivity index (χ3n) is 0.734. The molecule has 2 nitrogen and oxygen atoms in total. The Hall–Kier alpha value is -0.790. The Kier molecular flexibility index (Phi) is 3.94. The van der Waals surface area contributed by atoms with Gasteiger partial charge >= 0.3 is 0 Å². The summed E-state index contributed by atoms with van der Waals surface area (Å²) in [6.07, 6.45) is 3.45. The van der Waals surface area contributed by atoms with E-state index in [2.05, 4.69) is 11.6 Å². The van der Waals surface area contributed by atoms with E-state index in [-0.39, 0.29) is 0 Å². The molecule has 0 aliphatic heterocycles. The van der Waals surface area contributed by atoms with Crippen molar-refractivity contribution in [2.75, 3.05) is 13.6 Å². The molecule has 0 atom stereocenters. The van der Waals surface area contributed by atoms with Crippen LogP contribution in [0.2, 0.25) is 0 Å². The molecule has 0 saturated carbocycles. The van der Waals surface area contributed by atoms with Gasteiger partial charge < -0.3 is 4.90 Å². The number of rotatable bonds is 3. The van der Waals surface area contributed by atoms with Crippen LogP contribution in [0.4, 0.5) is 0 Å². The zero-order valence-corrected chi connectivity index (χ0v) is 5.46. The first-order valence-corrected chi connectivity index (χ1v) is 2.65. The van der Waals surface area contributed by atoms with Crippen LogP contribution >= 0.6 is 0 Å². The van der Waals surface area contributed by atoms with Crippen molar-refractivity contribution in [2.45, 2.75) is 6.92 Å². The van der Waals surface area contributed by atoms with E-state index in [0.29, 0.717) is 0 Å². The normalized spacial score (nSPS) is 9.75. The third kappa shape index (κ3) is 3.40. The Labute approximate surface area is 50.5 Å². The fraction of sp³-hybridized carbons (Fsp3) is 0.500. The van der Waals surface area contributed by atoms with Gasteiger partial charge in [0.15, 0.2) is 0 Å². The van der Waals surface area contributed by atoms with Crippen molar-refractivity contribution in [2.24, 2.45) is 4.99 Å². The second-order valence-corrected chi connectivity index (χ2v) is 1.46. The van der Waals surface area contributed by atoms with Crippen LogP contribution in [0.15, 0.2) is 17.8 Å². The van der Waals surface area contributed by atoms with Gasteiger partial charge in [-0.05, 0) is 13.1 Å². The fourth-order valence-electron chi connectivity index (χ4n) is 0.258. The van der Waals surface area contributed by atoms with Crippen LogP contribution in [0.1, 0.15) is 6.92 Å². The molecule has 0 saturated heterocycles. The van der Waals surface area contributed by atoms with E-state index in [4.69, 9.17) is 0 Å². The average Bonchev–Trinajstić information content (AvgIpc) is 1.83. The van der Waals surface area contributed by atoms with Gasteiger partial charge in [-0.3, -0.25) is 4.99 Å². The zero-order valence-electron chi connectivity index (χ0n) is 5.46. The first-order valence-electron chi connectivity index (χ1n) is 2.65. The Bertz CT molecular complexity index is 86.5. The first-order chi connectivity index (χ1) is 3.81. The fourth-order valence-corrected chi connectivity index (χ4v) is 0.258. The summed E-state index contributed by atoms with van der Waals surface area (Å²) in [5.41, 5.74) is 0. The number of nitrogens with zero attached hydrogens (tertiary/aromatic N) is 2. The predicted molar refractivity (Wildman–Crippen MR) is 37.0 cm³/mol. The molecule has 0 rings (SSSR count). The van der Waals surface area contributed by atoms with E-state index in [1.165, 1.54) is 0 Å². The molecular weight excluding hydrogens is 100 g/mol. The van der Waals surface area contributed by atoms with E-state index in [0.717, 1.165) is 6.54 Å². The third-order valence-corrected chi connectivity index (χ3v) is 0.734. The SMILES string of the molecule is C=CN(C)/C=N\CC. The minimum absolute atomic E-state index is 0.832. The standard InChI is InChI=1S/C6H12N2/c1-4-7-6-8(3)5-2/h5-6H,2,4H2,1,3H3/b7-6-. The van der Waals surface area contributed by atoms with Crippen LogP contribution in [-0.4, -0.2) is 24.8 Å². The lowest BCUT2D eigenvalue weighted by Gasteiger charge is -2.01. The highest BCUT2D eigenvalue weighted by atomic mass is 15.1. The molecule has 0 aromatic rings. The summed E-state index contributed by atoms with van der Waals surface area (Å²) in [5.74, 6) is 0. The van der Waals surface area contributed by atoms with Gasteiger partial charge in [0, 0.05) is 13.6 Å². The van der Waals surface area contributed by atoms with Crippen molar-refractivity contribution in [3.05, 3.63) is 12.8 Å². The average molecular weight is 112 g/mol. The largest absolute Gasteiger partial charge is 0.343 e. The number of hydrogen-bond donors (Lipinski definition) is 0. The molecule has 0 aliphatic rings. The summed E-state index contributed by atoms with van der Waals surface area (Å²) in [5, 5.41) is 0. The second kappa shape index (κ2) is 4.37. The summed E-state index contributed by atoms with van der Waals surface area (Å²) in [4.78, 5) is 5.78. The topological polar surface area (TPSA) is 15.6 Å². The quantitative estimate of drug-likeness (QED) is 0.394. The lowest BCUT2D eigenvalue weighted by molar-refractivity contribution is 0.708. The predicted octanol–water partition coefficient (Wildman–Crippen LogP) is 1.11. The van der Waals surface area contributed by atoms with Gasteiger partial charge in [-0.1, -0.05) is 6.58 Å². The van der Waals surface area contributed by atoms with E-state index < -0.39 is 0 Å². The monoisotopic (exact) mass is 112 g/mol. The number of hydrogen-bond acceptors (Lipinski definition) is 1. The molecular formula is C6H12N2. The Morgan fingerprint density at radius 2 is 2.38 bits per heavy atom. The molecule has 46 valence electrons. The van der Waals surface area contributed by atoms with Crippen molar-refractivity contribution in [3.63, 3.8) is 0 Å². The maximum atomic E-state index is 3.97. The van der Waals surface area contributed by atoms with Gasteiger partial charge in [-0.2, -0.15) is 0 Å². The molecule has 0 aromatic heterocycles. The van der Waals surface area contributed by atoms with Crippen LogP contribution < -0.4 is 0 Å². The Morgan fingerprint density at radius 3 is 2.75 bits per heavy atom. The van der Waals surface area contributed by atoms with Crippen LogP contribution in [0.5, 0.6) is 0 Å². The van der Waals surface area contributed by atoms with Crippen LogP contribution in [0, 0.1) is 0 Å². The second-order valence-electron chi connectivity index (χ2n) is 1.46. The summed E-state index contributed by atoms with van der Waals surface area (Å²) in [6.45, 7) is 6.37. The van der Waals surface area contributed by atoms with Gasteiger partial charge in [0.1, 0.15) is 0 Å². The molecule has 0 bridgehead atoms. The van der Waals surface area contributed by atoms with Crippen LogP contribution in [-0.2, 0) is 0 Å². The molecule has 2 heteroatoms. The molecule has 0 radical (unpaired) electrons. The molecule has 0 spiro atoms. The molecule has 0 amide bonds. The van der Waals surface area contributed by atoms with Crippen LogP contribution in [0.25, 0.3) is 0 Å². The minimum Gasteiger partial charge on any atom is -0.343 e. The molecule has 0 aromatic carbocycles. The Morgan fingerprint density at radius 1 is 1.75 bits per heavy atom. The summed E-state index contributed by atoms with van der Waals surface area (Å²) in [7, 11) is 1.90. The highest BCUT2D eigenvalue weighted by molar-refractivity contribution is 5.55. The van der Waals surface area contributed by atoms with Gasteiger partial charge in [0.05, 0.1) is 6.34 Å². The molecule has 0 aliphatic carbocycles. The summed E-state index contributed by atoms with van der Waals surface area (Å²) in [6, 6.07) is 0. The van der Waals surface area contributed by atoms with Gasteiger partial charge in [0.2, 0.25) is 0 Å². The Balaban J connectivity index is 3.35. The smallest absolute Gasteiger partial charge is 0.0886 e. The molecule has 8 heavy (non-hydrogen) atoms. The maximum Gasteiger partial charge on any atom is 0.0886 e. The van der Waals surface area contributed by atoms with E-state index >= 15 is 0 Å². The lowest BCUT2D eigenvalue weighted by atomic mass is 10.8. The molecule has 0 fully saturated rings. The van der Waals surface area contributed by atoms with E-state index in [1.54, 1.807) is 12.5 Å². The summed E-state index contributed by atoms with van der Waals surface area (Å²) >= 11 is 0. The highest BCUT2D eigenvalue weighted by Crippen LogP contribution is 1.73. The number of aliphatic imine (C=N–C) groups is 1. The van der Waals surface area contributed by atoms with Gasteiger partial charge in [-0.15, -0.1) is 0 Å². The lowest BCUT2D eigenvalue weighted by Crippen LogP contribution is -2.05. The van der Waals surface area contributed by atoms with Crippen molar-refractivity contribution < 1.29 is 0 Å². The molecule has 0 heterocycles. The van der Waals surface area contributed by atoms with Crippen molar-refractivity contribution >= 4 is 6.34 Å². The van der Waals surface area contributed by atoms with E-state index in [1.807, 2.05) is 18.9 Å². The van der Waals surface area contributed by atoms with Crippen LogP contribution in [0.3, 0.4) is 0 Å². The van der Waals surface area contributed by atoms with Crippen molar-refractivity contribution in [3.8, 4) is 0 Å². The zero-order chi connectivity index (χ0) is 6.41. The van der Waals surface area contributed by atoms with Gasteiger partial charge in [0.25, 0.3) is 0 Å². The molecule has 0 N–H and O–H groups in total. The van der Waals surface area contributed by atoms with E-state index in [9.17, 15) is 0 Å².